The molecule has 0 atom stereocenters. The predicted molar refractivity (Wildman–Crippen MR) is 67.2 cm³/mol. The number of nitrogens with two attached hydrogens (primary N) is 1. The number of hydrogen-bond donors (Lipinski definition) is 2. The van der Waals surface area contributed by atoms with Gasteiger partial charge in [-0.1, -0.05) is 13.8 Å². The maximum Gasteiger partial charge on any atom is 0.309 e. The van der Waals surface area contributed by atoms with E-state index in [-0.39, 0.29) is 5.41 Å². The van der Waals surface area contributed by atoms with Crippen LogP contribution in [0.25, 0.3) is 0 Å². The predicted octanol–water partition coefficient (Wildman–Crippen LogP) is 1.39. The summed E-state index contributed by atoms with van der Waals surface area (Å²) in [6, 6.07) is 3.95. The smallest absolute Gasteiger partial charge is 0.309 e. The highest BCUT2D eigenvalue weighted by molar-refractivity contribution is 9.11. The first-order valence-corrected chi connectivity index (χ1v) is 6.27. The fourth-order valence-electron chi connectivity index (χ4n) is 1.15. The van der Waals surface area contributed by atoms with E-state index in [2.05, 4.69) is 21.2 Å². The van der Waals surface area contributed by atoms with Gasteiger partial charge in [0.25, 0.3) is 0 Å². The van der Waals surface area contributed by atoms with Gasteiger partial charge in [-0.25, -0.2) is 0 Å². The standard InChI is InChI=1S/C10H13BrN2O2S/c1-10(2,5-13-9(15)8(12)14)6-3-4-7(11)16-6/h3-4H,5H2,1-2H3,(H2,12,14)(H,13,15). The van der Waals surface area contributed by atoms with Gasteiger partial charge < -0.3 is 11.1 Å². The topological polar surface area (TPSA) is 72.2 Å². The second-order valence-corrected chi connectivity index (χ2v) is 6.50. The van der Waals surface area contributed by atoms with Crippen molar-refractivity contribution in [2.24, 2.45) is 5.73 Å². The first-order chi connectivity index (χ1) is 7.33. The normalized spacial score (nSPS) is 11.2. The Hall–Kier alpha value is -0.880. The molecule has 6 heteroatoms. The number of amides is 2. The molecular weight excluding hydrogens is 292 g/mol. The van der Waals surface area contributed by atoms with E-state index in [0.717, 1.165) is 8.66 Å². The van der Waals surface area contributed by atoms with Crippen molar-refractivity contribution in [3.05, 3.63) is 20.8 Å². The van der Waals surface area contributed by atoms with Crippen LogP contribution in [-0.2, 0) is 15.0 Å². The summed E-state index contributed by atoms with van der Waals surface area (Å²) in [5.74, 6) is -1.70. The van der Waals surface area contributed by atoms with E-state index >= 15 is 0 Å². The second-order valence-electron chi connectivity index (χ2n) is 4.03. The van der Waals surface area contributed by atoms with Crippen molar-refractivity contribution >= 4 is 39.1 Å². The zero-order valence-electron chi connectivity index (χ0n) is 9.04. The molecule has 2 amide bonds. The summed E-state index contributed by atoms with van der Waals surface area (Å²) in [5, 5.41) is 2.51. The average Bonchev–Trinajstić information content (AvgIpc) is 2.61. The van der Waals surface area contributed by atoms with Gasteiger partial charge in [0, 0.05) is 16.8 Å². The first kappa shape index (κ1) is 13.2. The summed E-state index contributed by atoms with van der Waals surface area (Å²) < 4.78 is 1.04. The van der Waals surface area contributed by atoms with E-state index in [1.54, 1.807) is 11.3 Å². The van der Waals surface area contributed by atoms with Crippen molar-refractivity contribution in [3.63, 3.8) is 0 Å². The van der Waals surface area contributed by atoms with Crippen LogP contribution in [-0.4, -0.2) is 18.4 Å². The summed E-state index contributed by atoms with van der Waals surface area (Å²) in [6.07, 6.45) is 0. The Labute approximate surface area is 106 Å². The Morgan fingerprint density at radius 1 is 1.50 bits per heavy atom. The lowest BCUT2D eigenvalue weighted by atomic mass is 9.91. The Morgan fingerprint density at radius 2 is 2.12 bits per heavy atom. The van der Waals surface area contributed by atoms with Crippen LogP contribution in [0.4, 0.5) is 0 Å². The second kappa shape index (κ2) is 4.97. The quantitative estimate of drug-likeness (QED) is 0.828. The Bertz CT molecular complexity index is 415. The third-order valence-corrected chi connectivity index (χ3v) is 4.14. The Morgan fingerprint density at radius 3 is 2.56 bits per heavy atom. The molecule has 88 valence electrons. The molecule has 0 radical (unpaired) electrons. The molecular formula is C10H13BrN2O2S. The van der Waals surface area contributed by atoms with Gasteiger partial charge in [-0.2, -0.15) is 0 Å². The third kappa shape index (κ3) is 3.31. The number of thiophene rings is 1. The number of carbonyl (C=O) groups excluding carboxylic acids is 2. The lowest BCUT2D eigenvalue weighted by Crippen LogP contribution is -2.42. The molecule has 1 aromatic heterocycles. The first-order valence-electron chi connectivity index (χ1n) is 4.66. The summed E-state index contributed by atoms with van der Waals surface area (Å²) in [6.45, 7) is 4.36. The van der Waals surface area contributed by atoms with Gasteiger partial charge >= 0.3 is 11.8 Å². The van der Waals surface area contributed by atoms with Crippen LogP contribution in [0.5, 0.6) is 0 Å². The van der Waals surface area contributed by atoms with Gasteiger partial charge in [-0.15, -0.1) is 11.3 Å². The molecule has 1 heterocycles. The fourth-order valence-corrected chi connectivity index (χ4v) is 2.64. The number of hydrogen-bond acceptors (Lipinski definition) is 3. The van der Waals surface area contributed by atoms with E-state index in [9.17, 15) is 9.59 Å². The van der Waals surface area contributed by atoms with Crippen molar-refractivity contribution < 1.29 is 9.59 Å². The van der Waals surface area contributed by atoms with Gasteiger partial charge in [0.05, 0.1) is 3.79 Å². The molecule has 1 rings (SSSR count). The molecule has 0 saturated heterocycles. The van der Waals surface area contributed by atoms with Crippen LogP contribution in [0, 0.1) is 0 Å². The summed E-state index contributed by atoms with van der Waals surface area (Å²) >= 11 is 4.99. The van der Waals surface area contributed by atoms with Crippen molar-refractivity contribution in [1.82, 2.24) is 5.32 Å². The van der Waals surface area contributed by atoms with Crippen LogP contribution in [0.15, 0.2) is 15.9 Å². The van der Waals surface area contributed by atoms with E-state index in [1.807, 2.05) is 26.0 Å². The maximum absolute atomic E-state index is 11.0. The summed E-state index contributed by atoms with van der Waals surface area (Å²) in [4.78, 5) is 22.7. The molecule has 1 aromatic rings. The highest BCUT2D eigenvalue weighted by Gasteiger charge is 2.24. The highest BCUT2D eigenvalue weighted by atomic mass is 79.9. The van der Waals surface area contributed by atoms with Crippen LogP contribution >= 0.6 is 27.3 Å². The average molecular weight is 305 g/mol. The van der Waals surface area contributed by atoms with Crippen LogP contribution < -0.4 is 11.1 Å². The van der Waals surface area contributed by atoms with Crippen molar-refractivity contribution in [1.29, 1.82) is 0 Å². The maximum atomic E-state index is 11.0. The van der Waals surface area contributed by atoms with Gasteiger partial charge in [0.15, 0.2) is 0 Å². The number of primary amides is 1. The van der Waals surface area contributed by atoms with Crippen molar-refractivity contribution in [2.45, 2.75) is 19.3 Å². The van der Waals surface area contributed by atoms with Crippen molar-refractivity contribution in [2.75, 3.05) is 6.54 Å². The number of rotatable bonds is 3. The number of halogens is 1. The summed E-state index contributed by atoms with van der Waals surface area (Å²) in [7, 11) is 0. The molecule has 0 aliphatic heterocycles. The van der Waals surface area contributed by atoms with E-state index < -0.39 is 11.8 Å². The minimum Gasteiger partial charge on any atom is -0.361 e. The summed E-state index contributed by atoms with van der Waals surface area (Å²) in [5.41, 5.74) is 4.63. The number of nitrogens with one attached hydrogen (secondary N) is 1. The monoisotopic (exact) mass is 304 g/mol. The zero-order chi connectivity index (χ0) is 12.3. The molecule has 0 unspecified atom stereocenters. The van der Waals surface area contributed by atoms with Gasteiger partial charge in [-0.3, -0.25) is 9.59 Å². The van der Waals surface area contributed by atoms with E-state index in [1.165, 1.54) is 0 Å². The minimum absolute atomic E-state index is 0.220. The Balaban J connectivity index is 2.65. The van der Waals surface area contributed by atoms with Crippen LogP contribution in [0.1, 0.15) is 18.7 Å². The third-order valence-electron chi connectivity index (χ3n) is 2.15. The lowest BCUT2D eigenvalue weighted by Gasteiger charge is -2.23. The SMILES string of the molecule is CC(C)(CNC(=O)C(N)=O)c1ccc(Br)s1. The molecule has 0 bridgehead atoms. The molecule has 0 aliphatic rings. The van der Waals surface area contributed by atoms with Crippen LogP contribution in [0.3, 0.4) is 0 Å². The molecule has 0 spiro atoms. The molecule has 0 aromatic carbocycles. The van der Waals surface area contributed by atoms with Gasteiger partial charge in [0.1, 0.15) is 0 Å². The Kier molecular flexibility index (Phi) is 4.09. The molecule has 4 nitrogen and oxygen atoms in total. The highest BCUT2D eigenvalue weighted by Crippen LogP contribution is 2.32. The van der Waals surface area contributed by atoms with E-state index in [4.69, 9.17) is 5.73 Å². The lowest BCUT2D eigenvalue weighted by molar-refractivity contribution is -0.137. The molecule has 0 saturated carbocycles. The minimum atomic E-state index is -0.955. The van der Waals surface area contributed by atoms with Crippen LogP contribution in [0.2, 0.25) is 0 Å². The van der Waals surface area contributed by atoms with Gasteiger partial charge in [0.2, 0.25) is 0 Å². The molecule has 0 fully saturated rings. The molecule has 16 heavy (non-hydrogen) atoms. The zero-order valence-corrected chi connectivity index (χ0v) is 11.4. The fraction of sp³-hybridized carbons (Fsp3) is 0.400. The van der Waals surface area contributed by atoms with Crippen molar-refractivity contribution in [3.8, 4) is 0 Å². The largest absolute Gasteiger partial charge is 0.361 e. The van der Waals surface area contributed by atoms with Gasteiger partial charge in [-0.05, 0) is 28.1 Å². The molecule has 3 N–H and O–H groups in total. The molecule has 0 aliphatic carbocycles. The van der Waals surface area contributed by atoms with E-state index in [0.29, 0.717) is 6.54 Å². The number of carbonyl (C=O) groups is 2.